The van der Waals surface area contributed by atoms with Gasteiger partial charge in [0.15, 0.2) is 12.4 Å². The van der Waals surface area contributed by atoms with Crippen molar-refractivity contribution in [3.8, 4) is 0 Å². The minimum atomic E-state index is -1.73. The Balaban J connectivity index is 2.80. The number of hydrogen-bond donors (Lipinski definition) is 4. The lowest BCUT2D eigenvalue weighted by atomic mass is 10.0. The zero-order valence-corrected chi connectivity index (χ0v) is 11.1. The van der Waals surface area contributed by atoms with Crippen LogP contribution in [0.3, 0.4) is 0 Å². The number of ether oxygens (including phenoxy) is 3. The Morgan fingerprint density at radius 2 is 1.85 bits per heavy atom. The van der Waals surface area contributed by atoms with Crippen molar-refractivity contribution in [3.05, 3.63) is 12.2 Å². The van der Waals surface area contributed by atoms with Crippen molar-refractivity contribution < 1.29 is 39.4 Å². The van der Waals surface area contributed by atoms with Crippen LogP contribution in [-0.2, 0) is 19.0 Å². The lowest BCUT2D eigenvalue weighted by Gasteiger charge is -2.31. The van der Waals surface area contributed by atoms with Gasteiger partial charge in [0.05, 0.1) is 19.8 Å². The van der Waals surface area contributed by atoms with Crippen LogP contribution < -0.4 is 0 Å². The first-order chi connectivity index (χ1) is 9.38. The van der Waals surface area contributed by atoms with Gasteiger partial charge < -0.3 is 34.6 Å². The summed E-state index contributed by atoms with van der Waals surface area (Å²) < 4.78 is 15.3. The number of carbonyl (C=O) groups is 1. The van der Waals surface area contributed by atoms with Gasteiger partial charge in [0, 0.05) is 5.57 Å². The van der Waals surface area contributed by atoms with E-state index in [0.717, 1.165) is 0 Å². The third-order valence-corrected chi connectivity index (χ3v) is 2.78. The Morgan fingerprint density at radius 1 is 1.30 bits per heavy atom. The first-order valence-corrected chi connectivity index (χ1v) is 6.13. The molecule has 0 radical (unpaired) electrons. The predicted octanol–water partition coefficient (Wildman–Crippen LogP) is -2.08. The van der Waals surface area contributed by atoms with Crippen LogP contribution in [0.2, 0.25) is 0 Å². The third-order valence-electron chi connectivity index (χ3n) is 2.78. The van der Waals surface area contributed by atoms with Gasteiger partial charge in [-0.3, -0.25) is 0 Å². The molecule has 0 aromatic rings. The van der Waals surface area contributed by atoms with Gasteiger partial charge in [0.1, 0.15) is 18.3 Å². The van der Waals surface area contributed by atoms with Crippen LogP contribution in [0, 0.1) is 0 Å². The molecule has 1 saturated heterocycles. The summed E-state index contributed by atoms with van der Waals surface area (Å²) in [6, 6.07) is 0. The molecule has 20 heavy (non-hydrogen) atoms. The first kappa shape index (κ1) is 17.0. The highest BCUT2D eigenvalue weighted by Crippen LogP contribution is 2.19. The maximum atomic E-state index is 11.5. The average Bonchev–Trinajstić information content (AvgIpc) is 2.95. The van der Waals surface area contributed by atoms with Crippen molar-refractivity contribution in [1.29, 1.82) is 0 Å². The number of rotatable bonds is 7. The molecule has 8 nitrogen and oxygen atoms in total. The van der Waals surface area contributed by atoms with Gasteiger partial charge in [-0.15, -0.1) is 0 Å². The number of aliphatic hydroxyl groups excluding tert-OH is 4. The molecule has 0 bridgehead atoms. The van der Waals surface area contributed by atoms with Gasteiger partial charge in [-0.1, -0.05) is 6.58 Å². The molecule has 1 aliphatic rings. The summed E-state index contributed by atoms with van der Waals surface area (Å²) >= 11 is 0. The molecule has 0 aromatic carbocycles. The Bertz CT molecular complexity index is 338. The molecule has 116 valence electrons. The Hall–Kier alpha value is -1.03. The van der Waals surface area contributed by atoms with Gasteiger partial charge in [0.25, 0.3) is 0 Å². The summed E-state index contributed by atoms with van der Waals surface area (Å²) in [4.78, 5) is 11.5. The first-order valence-electron chi connectivity index (χ1n) is 6.13. The van der Waals surface area contributed by atoms with Gasteiger partial charge in [-0.25, -0.2) is 4.79 Å². The molecular weight excluding hydrogens is 272 g/mol. The predicted molar refractivity (Wildman–Crippen MR) is 65.5 cm³/mol. The third kappa shape index (κ3) is 4.23. The molecule has 4 N–H and O–H groups in total. The molecule has 0 aliphatic carbocycles. The van der Waals surface area contributed by atoms with Gasteiger partial charge in [-0.2, -0.15) is 0 Å². The fourth-order valence-electron chi connectivity index (χ4n) is 1.61. The minimum Gasteiger partial charge on any atom is -0.451 e. The smallest absolute Gasteiger partial charge is 0.333 e. The zero-order chi connectivity index (χ0) is 15.3. The van der Waals surface area contributed by atoms with Gasteiger partial charge in [-0.05, 0) is 6.92 Å². The van der Waals surface area contributed by atoms with Crippen molar-refractivity contribution in [2.75, 3.05) is 19.8 Å². The summed E-state index contributed by atoms with van der Waals surface area (Å²) in [5.41, 5.74) is 0.0948. The maximum Gasteiger partial charge on any atom is 0.333 e. The number of esters is 1. The molecule has 0 aromatic heterocycles. The second-order valence-electron chi connectivity index (χ2n) is 4.49. The number of carbonyl (C=O) groups excluding carboxylic acids is 1. The highest BCUT2D eigenvalue weighted by Gasteiger charge is 2.41. The quantitative estimate of drug-likeness (QED) is 0.311. The molecule has 4 atom stereocenters. The van der Waals surface area contributed by atoms with E-state index in [-0.39, 0.29) is 18.8 Å². The van der Waals surface area contributed by atoms with E-state index in [4.69, 9.17) is 19.3 Å². The summed E-state index contributed by atoms with van der Waals surface area (Å²) in [5, 5.41) is 37.8. The number of aliphatic hydroxyl groups is 4. The molecule has 1 heterocycles. The molecule has 0 amide bonds. The van der Waals surface area contributed by atoms with E-state index in [1.165, 1.54) is 6.92 Å². The molecule has 0 unspecified atom stereocenters. The van der Waals surface area contributed by atoms with Crippen molar-refractivity contribution in [2.24, 2.45) is 0 Å². The number of hydrogen-bond acceptors (Lipinski definition) is 8. The second-order valence-corrected chi connectivity index (χ2v) is 4.49. The maximum absolute atomic E-state index is 11.5. The van der Waals surface area contributed by atoms with Crippen molar-refractivity contribution >= 4 is 5.97 Å². The largest absolute Gasteiger partial charge is 0.451 e. The van der Waals surface area contributed by atoms with Crippen molar-refractivity contribution in [3.63, 3.8) is 0 Å². The highest BCUT2D eigenvalue weighted by molar-refractivity contribution is 5.87. The monoisotopic (exact) mass is 292 g/mol. The van der Waals surface area contributed by atoms with E-state index in [0.29, 0.717) is 0 Å². The van der Waals surface area contributed by atoms with Crippen LogP contribution in [0.15, 0.2) is 12.2 Å². The fourth-order valence-corrected chi connectivity index (χ4v) is 1.61. The highest BCUT2D eigenvalue weighted by atomic mass is 16.7. The SMILES string of the molecule is C=C(C)C(=O)O[C@@H](C1OCCO1)[C@@H](O)[C@H](O)[C@H](O)CO. The summed E-state index contributed by atoms with van der Waals surface area (Å²) in [7, 11) is 0. The van der Waals surface area contributed by atoms with E-state index in [9.17, 15) is 20.1 Å². The average molecular weight is 292 g/mol. The molecule has 8 heteroatoms. The molecular formula is C12H20O8. The lowest BCUT2D eigenvalue weighted by molar-refractivity contribution is -0.207. The molecule has 1 aliphatic heterocycles. The lowest BCUT2D eigenvalue weighted by Crippen LogP contribution is -2.52. The molecule has 1 fully saturated rings. The summed E-state index contributed by atoms with van der Waals surface area (Å²) in [6.45, 7) is 4.55. The van der Waals surface area contributed by atoms with Crippen LogP contribution in [0.5, 0.6) is 0 Å². The van der Waals surface area contributed by atoms with Gasteiger partial charge in [0.2, 0.25) is 0 Å². The summed E-state index contributed by atoms with van der Waals surface area (Å²) in [5.74, 6) is -0.793. The Morgan fingerprint density at radius 3 is 2.30 bits per heavy atom. The molecule has 0 spiro atoms. The second kappa shape index (κ2) is 7.67. The normalized spacial score (nSPS) is 22.1. The Labute approximate surface area is 116 Å². The van der Waals surface area contributed by atoms with E-state index < -0.39 is 43.3 Å². The zero-order valence-electron chi connectivity index (χ0n) is 11.1. The van der Waals surface area contributed by atoms with Crippen molar-refractivity contribution in [2.45, 2.75) is 37.6 Å². The van der Waals surface area contributed by atoms with Gasteiger partial charge >= 0.3 is 5.97 Å². The van der Waals surface area contributed by atoms with E-state index in [1.807, 2.05) is 0 Å². The van der Waals surface area contributed by atoms with E-state index in [1.54, 1.807) is 0 Å². The summed E-state index contributed by atoms with van der Waals surface area (Å²) in [6.07, 6.45) is -7.41. The topological polar surface area (TPSA) is 126 Å². The van der Waals surface area contributed by atoms with E-state index >= 15 is 0 Å². The Kier molecular flexibility index (Phi) is 6.53. The minimum absolute atomic E-state index is 0.0948. The van der Waals surface area contributed by atoms with Crippen LogP contribution in [-0.4, -0.2) is 76.9 Å². The standard InChI is InChI=1S/C12H20O8/c1-6(2)11(17)20-10(12-18-3-4-19-12)9(16)8(15)7(14)5-13/h7-10,12-16H,1,3-5H2,2H3/t7-,8-,9+,10-/m1/s1. The van der Waals surface area contributed by atoms with Crippen LogP contribution in [0.1, 0.15) is 6.92 Å². The van der Waals surface area contributed by atoms with Crippen LogP contribution in [0.25, 0.3) is 0 Å². The fraction of sp³-hybridized carbons (Fsp3) is 0.750. The van der Waals surface area contributed by atoms with Crippen molar-refractivity contribution in [1.82, 2.24) is 0 Å². The molecule has 1 rings (SSSR count). The van der Waals surface area contributed by atoms with E-state index in [2.05, 4.69) is 6.58 Å². The van der Waals surface area contributed by atoms with Crippen LogP contribution >= 0.6 is 0 Å². The van der Waals surface area contributed by atoms with Crippen LogP contribution in [0.4, 0.5) is 0 Å². The molecule has 0 saturated carbocycles.